The van der Waals surface area contributed by atoms with E-state index < -0.39 is 0 Å². The number of thiazole rings is 1. The summed E-state index contributed by atoms with van der Waals surface area (Å²) >= 11 is 3.07. The SMILES string of the molecule is Cc1nc(NC(=O)[C@@H]2CCC(=O)N(C)[C@H]2c2cccs2)sc1C. The number of likely N-dealkylation sites (tertiary alicyclic amines) is 1. The molecule has 0 radical (unpaired) electrons. The van der Waals surface area contributed by atoms with Crippen molar-refractivity contribution in [1.82, 2.24) is 9.88 Å². The number of nitrogens with zero attached hydrogens (tertiary/aromatic N) is 2. The van der Waals surface area contributed by atoms with Crippen molar-refractivity contribution in [2.24, 2.45) is 5.92 Å². The van der Waals surface area contributed by atoms with Crippen molar-refractivity contribution in [2.75, 3.05) is 12.4 Å². The maximum atomic E-state index is 12.8. The maximum Gasteiger partial charge on any atom is 0.231 e. The van der Waals surface area contributed by atoms with Crippen LogP contribution >= 0.6 is 22.7 Å². The summed E-state index contributed by atoms with van der Waals surface area (Å²) in [7, 11) is 1.78. The number of carbonyl (C=O) groups is 2. The zero-order valence-electron chi connectivity index (χ0n) is 13.3. The predicted octanol–water partition coefficient (Wildman–Crippen LogP) is 3.37. The van der Waals surface area contributed by atoms with Crippen molar-refractivity contribution >= 4 is 39.6 Å². The molecule has 1 aliphatic rings. The number of thiophene rings is 1. The molecule has 0 aromatic carbocycles. The molecule has 0 unspecified atom stereocenters. The van der Waals surface area contributed by atoms with E-state index in [1.807, 2.05) is 31.4 Å². The third-order valence-corrected chi connectivity index (χ3v) is 6.22. The first kappa shape index (κ1) is 16.1. The second-order valence-electron chi connectivity index (χ2n) is 5.76. The van der Waals surface area contributed by atoms with E-state index in [1.165, 1.54) is 11.3 Å². The van der Waals surface area contributed by atoms with Gasteiger partial charge in [-0.1, -0.05) is 6.07 Å². The summed E-state index contributed by atoms with van der Waals surface area (Å²) in [6.07, 6.45) is 0.979. The fraction of sp³-hybridized carbons (Fsp3) is 0.438. The predicted molar refractivity (Wildman–Crippen MR) is 92.8 cm³/mol. The zero-order chi connectivity index (χ0) is 16.6. The van der Waals surface area contributed by atoms with Crippen LogP contribution in [0.2, 0.25) is 0 Å². The van der Waals surface area contributed by atoms with Gasteiger partial charge in [-0.2, -0.15) is 0 Å². The van der Waals surface area contributed by atoms with Gasteiger partial charge in [0, 0.05) is 23.2 Å². The quantitative estimate of drug-likeness (QED) is 0.924. The second kappa shape index (κ2) is 6.41. The molecular weight excluding hydrogens is 330 g/mol. The van der Waals surface area contributed by atoms with Gasteiger partial charge in [-0.25, -0.2) is 4.98 Å². The molecule has 3 heterocycles. The summed E-state index contributed by atoms with van der Waals surface area (Å²) < 4.78 is 0. The van der Waals surface area contributed by atoms with Crippen molar-refractivity contribution in [3.8, 4) is 0 Å². The molecule has 1 saturated heterocycles. The highest BCUT2D eigenvalue weighted by Crippen LogP contribution is 2.38. The molecule has 7 heteroatoms. The largest absolute Gasteiger partial charge is 0.337 e. The van der Waals surface area contributed by atoms with Gasteiger partial charge in [0.05, 0.1) is 17.7 Å². The Bertz CT molecular complexity index is 704. The van der Waals surface area contributed by atoms with E-state index in [2.05, 4.69) is 10.3 Å². The monoisotopic (exact) mass is 349 g/mol. The highest BCUT2D eigenvalue weighted by atomic mass is 32.1. The standard InChI is InChI=1S/C16H19N3O2S2/c1-9-10(2)23-16(17-9)18-15(21)11-6-7-13(20)19(3)14(11)12-5-4-8-22-12/h4-5,8,11,14H,6-7H2,1-3H3,(H,17,18,21)/t11-,14-/m1/s1. The normalized spacial score (nSPS) is 21.5. The summed E-state index contributed by atoms with van der Waals surface area (Å²) in [5.41, 5.74) is 0.941. The Kier molecular flexibility index (Phi) is 4.50. The Morgan fingerprint density at radius 2 is 2.22 bits per heavy atom. The molecule has 1 fully saturated rings. The second-order valence-corrected chi connectivity index (χ2v) is 7.94. The lowest BCUT2D eigenvalue weighted by Gasteiger charge is -2.37. The van der Waals surface area contributed by atoms with Gasteiger partial charge in [-0.3, -0.25) is 9.59 Å². The Morgan fingerprint density at radius 3 is 2.83 bits per heavy atom. The topological polar surface area (TPSA) is 62.3 Å². The molecule has 1 aliphatic heterocycles. The summed E-state index contributed by atoms with van der Waals surface area (Å²) in [4.78, 5) is 33.1. The van der Waals surface area contributed by atoms with Crippen LogP contribution in [0.25, 0.3) is 0 Å². The lowest BCUT2D eigenvalue weighted by molar-refractivity contribution is -0.140. The zero-order valence-corrected chi connectivity index (χ0v) is 15.0. The maximum absolute atomic E-state index is 12.8. The number of amides is 2. The molecule has 5 nitrogen and oxygen atoms in total. The molecule has 2 aromatic heterocycles. The molecule has 23 heavy (non-hydrogen) atoms. The molecule has 1 N–H and O–H groups in total. The van der Waals surface area contributed by atoms with E-state index in [-0.39, 0.29) is 23.8 Å². The molecule has 2 amide bonds. The van der Waals surface area contributed by atoms with Crippen molar-refractivity contribution < 1.29 is 9.59 Å². The number of aromatic nitrogens is 1. The fourth-order valence-corrected chi connectivity index (χ4v) is 4.64. The van der Waals surface area contributed by atoms with Gasteiger partial charge in [-0.05, 0) is 31.7 Å². The van der Waals surface area contributed by atoms with Gasteiger partial charge in [0.2, 0.25) is 11.8 Å². The lowest BCUT2D eigenvalue weighted by Crippen LogP contribution is -2.44. The van der Waals surface area contributed by atoms with Gasteiger partial charge in [0.25, 0.3) is 0 Å². The Morgan fingerprint density at radius 1 is 1.43 bits per heavy atom. The van der Waals surface area contributed by atoms with Crippen LogP contribution in [0.3, 0.4) is 0 Å². The molecule has 3 rings (SSSR count). The highest BCUT2D eigenvalue weighted by molar-refractivity contribution is 7.15. The lowest BCUT2D eigenvalue weighted by atomic mass is 9.87. The molecule has 0 spiro atoms. The van der Waals surface area contributed by atoms with Crippen LogP contribution in [0.15, 0.2) is 17.5 Å². The number of piperidine rings is 1. The van der Waals surface area contributed by atoms with Crippen LogP contribution in [0.1, 0.15) is 34.3 Å². The molecule has 0 saturated carbocycles. The van der Waals surface area contributed by atoms with E-state index >= 15 is 0 Å². The minimum Gasteiger partial charge on any atom is -0.337 e. The van der Waals surface area contributed by atoms with E-state index in [9.17, 15) is 9.59 Å². The fourth-order valence-electron chi connectivity index (χ4n) is 2.89. The van der Waals surface area contributed by atoms with Gasteiger partial charge in [-0.15, -0.1) is 22.7 Å². The molecule has 122 valence electrons. The molecule has 2 aromatic rings. The van der Waals surface area contributed by atoms with Crippen LogP contribution < -0.4 is 5.32 Å². The van der Waals surface area contributed by atoms with Crippen molar-refractivity contribution in [2.45, 2.75) is 32.7 Å². The van der Waals surface area contributed by atoms with Gasteiger partial charge in [0.15, 0.2) is 5.13 Å². The number of nitrogens with one attached hydrogen (secondary N) is 1. The molecule has 0 aliphatic carbocycles. The smallest absolute Gasteiger partial charge is 0.231 e. The van der Waals surface area contributed by atoms with Crippen LogP contribution in [0.5, 0.6) is 0 Å². The summed E-state index contributed by atoms with van der Waals surface area (Å²) in [5, 5.41) is 5.55. The van der Waals surface area contributed by atoms with Crippen LogP contribution in [-0.2, 0) is 9.59 Å². The first-order valence-electron chi connectivity index (χ1n) is 7.51. The van der Waals surface area contributed by atoms with Crippen molar-refractivity contribution in [3.63, 3.8) is 0 Å². The van der Waals surface area contributed by atoms with E-state index in [0.29, 0.717) is 18.0 Å². The van der Waals surface area contributed by atoms with Crippen molar-refractivity contribution in [3.05, 3.63) is 33.0 Å². The average molecular weight is 349 g/mol. The van der Waals surface area contributed by atoms with Gasteiger partial charge < -0.3 is 10.2 Å². The summed E-state index contributed by atoms with van der Waals surface area (Å²) in [6.45, 7) is 3.92. The number of anilines is 1. The molecule has 0 bridgehead atoms. The highest BCUT2D eigenvalue weighted by Gasteiger charge is 2.39. The van der Waals surface area contributed by atoms with Crippen LogP contribution in [-0.4, -0.2) is 28.7 Å². The number of carbonyl (C=O) groups excluding carboxylic acids is 2. The summed E-state index contributed by atoms with van der Waals surface area (Å²) in [6, 6.07) is 3.75. The first-order valence-corrected chi connectivity index (χ1v) is 9.21. The number of hydrogen-bond acceptors (Lipinski definition) is 5. The number of rotatable bonds is 3. The van der Waals surface area contributed by atoms with E-state index in [4.69, 9.17) is 0 Å². The van der Waals surface area contributed by atoms with E-state index in [0.717, 1.165) is 15.4 Å². The third kappa shape index (κ3) is 3.16. The minimum absolute atomic E-state index is 0.0588. The Balaban J connectivity index is 1.83. The molecule has 2 atom stereocenters. The van der Waals surface area contributed by atoms with Gasteiger partial charge in [0.1, 0.15) is 0 Å². The van der Waals surface area contributed by atoms with Crippen LogP contribution in [0.4, 0.5) is 5.13 Å². The molecular formula is C16H19N3O2S2. The van der Waals surface area contributed by atoms with Crippen LogP contribution in [0, 0.1) is 19.8 Å². The first-order chi connectivity index (χ1) is 11.0. The third-order valence-electron chi connectivity index (χ3n) is 4.29. The van der Waals surface area contributed by atoms with Gasteiger partial charge >= 0.3 is 0 Å². The summed E-state index contributed by atoms with van der Waals surface area (Å²) in [5.74, 6) is -0.217. The number of hydrogen-bond donors (Lipinski definition) is 1. The van der Waals surface area contributed by atoms with E-state index in [1.54, 1.807) is 23.3 Å². The number of aryl methyl sites for hydroxylation is 2. The Labute approximate surface area is 143 Å². The van der Waals surface area contributed by atoms with Crippen molar-refractivity contribution in [1.29, 1.82) is 0 Å². The minimum atomic E-state index is -0.249. The Hall–Kier alpha value is -1.73. The average Bonchev–Trinajstić information content (AvgIpc) is 3.12.